The van der Waals surface area contributed by atoms with Gasteiger partial charge in [-0.15, -0.1) is 0 Å². The minimum Gasteiger partial charge on any atom is -0.381 e. The number of halogens is 1. The largest absolute Gasteiger partial charge is 0.381 e. The molecule has 1 unspecified atom stereocenters. The van der Waals surface area contributed by atoms with Gasteiger partial charge < -0.3 is 20.7 Å². The fourth-order valence-electron chi connectivity index (χ4n) is 4.74. The third kappa shape index (κ3) is 5.98. The van der Waals surface area contributed by atoms with Crippen molar-refractivity contribution in [3.8, 4) is 0 Å². The van der Waals surface area contributed by atoms with Gasteiger partial charge in [0, 0.05) is 44.6 Å². The molecule has 4 N–H and O–H groups in total. The summed E-state index contributed by atoms with van der Waals surface area (Å²) in [6.45, 7) is 3.47. The Morgan fingerprint density at radius 1 is 1.16 bits per heavy atom. The fraction of sp³-hybridized carbons (Fsp3) is 0.652. The van der Waals surface area contributed by atoms with E-state index < -0.39 is 0 Å². The topological polar surface area (TPSA) is 88.3 Å². The van der Waals surface area contributed by atoms with E-state index in [2.05, 4.69) is 33.6 Å². The summed E-state index contributed by atoms with van der Waals surface area (Å²) in [6.07, 6.45) is 14.6. The van der Waals surface area contributed by atoms with Gasteiger partial charge in [0.05, 0.1) is 29.3 Å². The predicted octanol–water partition coefficient (Wildman–Crippen LogP) is 2.84. The van der Waals surface area contributed by atoms with E-state index in [9.17, 15) is 0 Å². The molecular formula is C23H35ClN6O. The zero-order valence-electron chi connectivity index (χ0n) is 18.4. The molecule has 7 nitrogen and oxygen atoms in total. The maximum atomic E-state index is 6.54. The average Bonchev–Trinajstić information content (AvgIpc) is 2.81. The second-order valence-corrected chi connectivity index (χ2v) is 9.44. The Labute approximate surface area is 190 Å². The van der Waals surface area contributed by atoms with Crippen LogP contribution in [0.15, 0.2) is 29.7 Å². The van der Waals surface area contributed by atoms with Gasteiger partial charge in [-0.25, -0.2) is 4.98 Å². The number of hydrogen-bond acceptors (Lipinski definition) is 7. The first-order chi connectivity index (χ1) is 15.1. The molecular weight excluding hydrogens is 412 g/mol. The Bertz CT molecular complexity index is 786. The van der Waals surface area contributed by atoms with Crippen LogP contribution in [0.2, 0.25) is 0 Å². The van der Waals surface area contributed by atoms with Crippen molar-refractivity contribution in [2.75, 3.05) is 38.3 Å². The Morgan fingerprint density at radius 2 is 1.94 bits per heavy atom. The Balaban J connectivity index is 1.42. The van der Waals surface area contributed by atoms with Gasteiger partial charge in [0.2, 0.25) is 0 Å². The zero-order chi connectivity index (χ0) is 21.6. The molecule has 3 heterocycles. The molecule has 1 aliphatic carbocycles. The van der Waals surface area contributed by atoms with Crippen LogP contribution in [0.25, 0.3) is 5.57 Å². The highest BCUT2D eigenvalue weighted by Crippen LogP contribution is 2.29. The van der Waals surface area contributed by atoms with Gasteiger partial charge in [0.1, 0.15) is 5.82 Å². The fourth-order valence-corrected chi connectivity index (χ4v) is 4.96. The maximum Gasteiger partial charge on any atom is 0.147 e. The van der Waals surface area contributed by atoms with Crippen molar-refractivity contribution in [1.82, 2.24) is 20.6 Å². The molecule has 1 saturated heterocycles. The number of nitrogens with two attached hydrogens (primary N) is 1. The first-order valence-corrected chi connectivity index (χ1v) is 11.9. The lowest BCUT2D eigenvalue weighted by Gasteiger charge is -2.32. The third-order valence-electron chi connectivity index (χ3n) is 6.74. The van der Waals surface area contributed by atoms with Crippen molar-refractivity contribution < 1.29 is 4.74 Å². The molecule has 1 aromatic rings. The molecule has 3 aliphatic rings. The van der Waals surface area contributed by atoms with Gasteiger partial charge in [-0.2, -0.15) is 0 Å². The zero-order valence-corrected chi connectivity index (χ0v) is 19.2. The van der Waals surface area contributed by atoms with Gasteiger partial charge in [-0.05, 0) is 63.0 Å². The quantitative estimate of drug-likeness (QED) is 0.593. The van der Waals surface area contributed by atoms with E-state index in [0.29, 0.717) is 22.9 Å². The van der Waals surface area contributed by atoms with Gasteiger partial charge in [0.15, 0.2) is 0 Å². The van der Waals surface area contributed by atoms with Crippen molar-refractivity contribution in [2.45, 2.75) is 50.7 Å². The van der Waals surface area contributed by atoms with Crippen LogP contribution < -0.4 is 21.3 Å². The summed E-state index contributed by atoms with van der Waals surface area (Å²) in [4.78, 5) is 11.5. The molecule has 1 atom stereocenters. The van der Waals surface area contributed by atoms with Crippen LogP contribution in [0.1, 0.15) is 44.2 Å². The molecule has 31 heavy (non-hydrogen) atoms. The summed E-state index contributed by atoms with van der Waals surface area (Å²) in [5.41, 5.74) is 7.55. The second-order valence-electron chi connectivity index (χ2n) is 9.04. The summed E-state index contributed by atoms with van der Waals surface area (Å²) in [5.74, 6) is 2.18. The van der Waals surface area contributed by atoms with E-state index >= 15 is 0 Å². The van der Waals surface area contributed by atoms with E-state index in [-0.39, 0.29) is 6.17 Å². The molecule has 0 radical (unpaired) electrons. The first-order valence-electron chi connectivity index (χ1n) is 11.5. The van der Waals surface area contributed by atoms with E-state index in [1.54, 1.807) is 6.20 Å². The van der Waals surface area contributed by atoms with Crippen molar-refractivity contribution in [2.24, 2.45) is 17.6 Å². The van der Waals surface area contributed by atoms with Gasteiger partial charge in [-0.1, -0.05) is 11.6 Å². The van der Waals surface area contributed by atoms with Crippen molar-refractivity contribution >= 4 is 23.0 Å². The number of anilines is 1. The molecule has 2 aliphatic heterocycles. The van der Waals surface area contributed by atoms with E-state index in [0.717, 1.165) is 69.1 Å². The molecule has 0 spiro atoms. The Kier molecular flexibility index (Phi) is 7.82. The number of dihydropyridines is 1. The van der Waals surface area contributed by atoms with Crippen LogP contribution in [0.4, 0.5) is 5.82 Å². The summed E-state index contributed by atoms with van der Waals surface area (Å²) in [5, 5.41) is 7.72. The summed E-state index contributed by atoms with van der Waals surface area (Å²) in [6, 6.07) is 0.492. The van der Waals surface area contributed by atoms with Crippen LogP contribution >= 0.6 is 11.6 Å². The minimum atomic E-state index is 0.0300. The van der Waals surface area contributed by atoms with E-state index in [1.807, 2.05) is 12.4 Å². The van der Waals surface area contributed by atoms with Crippen molar-refractivity contribution in [1.29, 1.82) is 0 Å². The highest BCUT2D eigenvalue weighted by atomic mass is 35.5. The summed E-state index contributed by atoms with van der Waals surface area (Å²) < 4.78 is 5.48. The number of nitrogens with one attached hydrogen (secondary N) is 2. The summed E-state index contributed by atoms with van der Waals surface area (Å²) >= 11 is 6.54. The highest BCUT2D eigenvalue weighted by Gasteiger charge is 2.24. The average molecular weight is 447 g/mol. The minimum absolute atomic E-state index is 0.0300. The molecule has 8 heteroatoms. The number of ether oxygens (including phenoxy) is 1. The second kappa shape index (κ2) is 10.8. The number of aromatic nitrogens is 2. The van der Waals surface area contributed by atoms with Crippen LogP contribution in [0, 0.1) is 11.8 Å². The third-order valence-corrected chi connectivity index (χ3v) is 7.05. The smallest absolute Gasteiger partial charge is 0.147 e. The Hall–Kier alpha value is -1.67. The SMILES string of the molecule is CN(CC1CCOCC1)c1cncc(C2=CC(NC3CCC(CN)CC3)NC=C2Cl)n1. The molecule has 0 aromatic carbocycles. The van der Waals surface area contributed by atoms with Crippen molar-refractivity contribution in [3.63, 3.8) is 0 Å². The predicted molar refractivity (Wildman–Crippen MR) is 126 cm³/mol. The van der Waals surface area contributed by atoms with Crippen LogP contribution in [-0.4, -0.2) is 55.5 Å². The van der Waals surface area contributed by atoms with Gasteiger partial charge in [-0.3, -0.25) is 10.3 Å². The normalized spacial score (nSPS) is 27.3. The standard InChI is InChI=1S/C23H35ClN6O/c1-30(15-17-6-8-31-9-7-17)23-14-26-13-21(29-23)19-10-22(27-12-20(19)24)28-18-4-2-16(11-25)3-5-18/h10,12-14,16-18,22,27-28H,2-9,11,15,25H2,1H3. The molecule has 170 valence electrons. The van der Waals surface area contributed by atoms with E-state index in [4.69, 9.17) is 27.1 Å². The van der Waals surface area contributed by atoms with Gasteiger partial charge >= 0.3 is 0 Å². The van der Waals surface area contributed by atoms with Crippen LogP contribution in [0.5, 0.6) is 0 Å². The molecule has 0 bridgehead atoms. The molecule has 4 rings (SSSR count). The van der Waals surface area contributed by atoms with Crippen molar-refractivity contribution in [3.05, 3.63) is 35.4 Å². The van der Waals surface area contributed by atoms with Gasteiger partial charge in [0.25, 0.3) is 0 Å². The lowest BCUT2D eigenvalue weighted by molar-refractivity contribution is 0.0685. The molecule has 2 fully saturated rings. The number of allylic oxidation sites excluding steroid dienone is 2. The number of hydrogen-bond donors (Lipinski definition) is 3. The highest BCUT2D eigenvalue weighted by molar-refractivity contribution is 6.37. The van der Waals surface area contributed by atoms with E-state index in [1.165, 1.54) is 12.8 Å². The first kappa shape index (κ1) is 22.5. The molecule has 0 amide bonds. The summed E-state index contributed by atoms with van der Waals surface area (Å²) in [7, 11) is 2.08. The lowest BCUT2D eigenvalue weighted by atomic mass is 9.86. The molecule has 1 saturated carbocycles. The maximum absolute atomic E-state index is 6.54. The lowest BCUT2D eigenvalue weighted by Crippen LogP contribution is -2.47. The van der Waals surface area contributed by atoms with Crippen LogP contribution in [0.3, 0.4) is 0 Å². The molecule has 1 aromatic heterocycles. The monoisotopic (exact) mass is 446 g/mol. The van der Waals surface area contributed by atoms with Crippen LogP contribution in [-0.2, 0) is 4.74 Å². The number of nitrogens with zero attached hydrogens (tertiary/aromatic N) is 3. The Morgan fingerprint density at radius 3 is 2.68 bits per heavy atom. The number of rotatable bonds is 7.